The fourth-order valence-electron chi connectivity index (χ4n) is 1.12. The number of ether oxygens (including phenoxy) is 2. The van der Waals surface area contributed by atoms with E-state index in [1.807, 2.05) is 12.1 Å². The number of hydrogen-bond donors (Lipinski definition) is 0. The van der Waals surface area contributed by atoms with Crippen LogP contribution in [0.3, 0.4) is 0 Å². The largest absolute Gasteiger partial charge is 0.466 e. The van der Waals surface area contributed by atoms with E-state index in [1.165, 1.54) is 0 Å². The normalized spacial score (nSPS) is 14.4. The molecule has 1 aromatic carbocycles. The van der Waals surface area contributed by atoms with Crippen molar-refractivity contribution in [3.8, 4) is 5.75 Å². The molecule has 74 valence electrons. The summed E-state index contributed by atoms with van der Waals surface area (Å²) in [5.74, 6) is 0.600. The number of rotatable bonds is 4. The van der Waals surface area contributed by atoms with Crippen LogP contribution < -0.4 is 4.74 Å². The van der Waals surface area contributed by atoms with Crippen LogP contribution in [-0.2, 0) is 4.74 Å². The average Bonchev–Trinajstić information content (AvgIpc) is 3.00. The second-order valence-corrected chi connectivity index (χ2v) is 3.19. The Morgan fingerprint density at radius 3 is 2.86 bits per heavy atom. The van der Waals surface area contributed by atoms with Gasteiger partial charge in [0.05, 0.1) is 5.02 Å². The van der Waals surface area contributed by atoms with Crippen LogP contribution in [0.1, 0.15) is 11.7 Å². The molecular weight excluding hydrogens is 204 g/mol. The molecule has 0 N–H and O–H groups in total. The number of methoxy groups -OCH3 is 1. The van der Waals surface area contributed by atoms with Gasteiger partial charge in [-0.05, 0) is 6.07 Å². The zero-order chi connectivity index (χ0) is 9.97. The van der Waals surface area contributed by atoms with Crippen LogP contribution in [0.5, 0.6) is 5.75 Å². The Labute approximate surface area is 86.5 Å². The van der Waals surface area contributed by atoms with Gasteiger partial charge in [-0.15, -0.1) is 0 Å². The van der Waals surface area contributed by atoms with Crippen LogP contribution in [0.4, 0.5) is 0 Å². The first-order chi connectivity index (χ1) is 6.83. The maximum Gasteiger partial charge on any atom is 0.207 e. The van der Waals surface area contributed by atoms with Gasteiger partial charge < -0.3 is 9.47 Å². The van der Waals surface area contributed by atoms with Gasteiger partial charge in [0.25, 0.3) is 0 Å². The molecule has 0 aromatic heterocycles. The first-order valence-electron chi connectivity index (χ1n) is 4.13. The van der Waals surface area contributed by atoms with E-state index in [0.717, 1.165) is 5.56 Å². The summed E-state index contributed by atoms with van der Waals surface area (Å²) in [4.78, 5) is 0. The Hall–Kier alpha value is -1.13. The van der Waals surface area contributed by atoms with Crippen molar-refractivity contribution < 1.29 is 9.47 Å². The van der Waals surface area contributed by atoms with Crippen molar-refractivity contribution in [2.75, 3.05) is 13.9 Å². The molecule has 0 bridgehead atoms. The van der Waals surface area contributed by atoms with Gasteiger partial charge >= 0.3 is 0 Å². The molecule has 0 unspecified atom stereocenters. The van der Waals surface area contributed by atoms with Gasteiger partial charge in [0.1, 0.15) is 5.75 Å². The maximum absolute atomic E-state index is 6.08. The molecule has 1 aliphatic heterocycles. The molecule has 0 spiro atoms. The Bertz CT molecular complexity index is 362. The molecule has 1 aromatic rings. The minimum atomic E-state index is -0.103. The summed E-state index contributed by atoms with van der Waals surface area (Å²) in [5, 5.41) is 8.17. The molecule has 0 radical (unpaired) electrons. The fraction of sp³-hybridized carbons (Fsp3) is 0.333. The molecule has 2 rings (SSSR count). The van der Waals surface area contributed by atoms with E-state index >= 15 is 0 Å². The Balaban J connectivity index is 2.18. The molecule has 4 nitrogen and oxygen atoms in total. The van der Waals surface area contributed by atoms with E-state index in [9.17, 15) is 0 Å². The van der Waals surface area contributed by atoms with Crippen LogP contribution >= 0.6 is 11.6 Å². The van der Waals surface area contributed by atoms with E-state index in [4.69, 9.17) is 21.1 Å². The molecule has 0 aliphatic carbocycles. The van der Waals surface area contributed by atoms with E-state index in [0.29, 0.717) is 10.8 Å². The lowest BCUT2D eigenvalue weighted by Gasteiger charge is -2.08. The van der Waals surface area contributed by atoms with Crippen molar-refractivity contribution in [3.05, 3.63) is 28.8 Å². The van der Waals surface area contributed by atoms with Crippen molar-refractivity contribution in [3.63, 3.8) is 0 Å². The van der Waals surface area contributed by atoms with Crippen molar-refractivity contribution in [2.24, 2.45) is 10.2 Å². The third kappa shape index (κ3) is 1.86. The summed E-state index contributed by atoms with van der Waals surface area (Å²) >= 11 is 6.08. The van der Waals surface area contributed by atoms with Crippen LogP contribution in [0.25, 0.3) is 0 Å². The molecule has 0 amide bonds. The van der Waals surface area contributed by atoms with E-state index in [2.05, 4.69) is 10.2 Å². The van der Waals surface area contributed by atoms with Crippen molar-refractivity contribution in [1.29, 1.82) is 0 Å². The van der Waals surface area contributed by atoms with E-state index in [-0.39, 0.29) is 13.0 Å². The summed E-state index contributed by atoms with van der Waals surface area (Å²) < 4.78 is 10.1. The van der Waals surface area contributed by atoms with Crippen molar-refractivity contribution in [1.82, 2.24) is 0 Å². The smallest absolute Gasteiger partial charge is 0.207 e. The van der Waals surface area contributed by atoms with E-state index in [1.54, 1.807) is 13.2 Å². The molecule has 1 aliphatic rings. The molecular formula is C9H9ClN2O2. The highest BCUT2D eigenvalue weighted by Crippen LogP contribution is 2.39. The summed E-state index contributed by atoms with van der Waals surface area (Å²) in [6, 6.07) is 5.52. The fourth-order valence-corrected chi connectivity index (χ4v) is 1.40. The molecule has 0 saturated heterocycles. The van der Waals surface area contributed by atoms with Crippen LogP contribution in [0.15, 0.2) is 28.4 Å². The molecule has 0 fully saturated rings. The Morgan fingerprint density at radius 2 is 2.21 bits per heavy atom. The topological polar surface area (TPSA) is 43.2 Å². The van der Waals surface area contributed by atoms with Crippen LogP contribution in [-0.4, -0.2) is 13.9 Å². The van der Waals surface area contributed by atoms with Gasteiger partial charge in [0, 0.05) is 12.7 Å². The minimum absolute atomic E-state index is 0.103. The monoisotopic (exact) mass is 212 g/mol. The summed E-state index contributed by atoms with van der Waals surface area (Å²) in [6.45, 7) is 0.183. The third-order valence-corrected chi connectivity index (χ3v) is 2.24. The Kier molecular flexibility index (Phi) is 2.65. The number of nitrogens with zero attached hydrogens (tertiary/aromatic N) is 2. The number of halogens is 1. The van der Waals surface area contributed by atoms with Gasteiger partial charge in [-0.1, -0.05) is 23.7 Å². The molecule has 0 saturated carbocycles. The molecule has 14 heavy (non-hydrogen) atoms. The lowest BCUT2D eigenvalue weighted by atomic mass is 10.2. The quantitative estimate of drug-likeness (QED) is 0.721. The summed E-state index contributed by atoms with van der Waals surface area (Å²) in [5.41, 5.74) is 0.875. The lowest BCUT2D eigenvalue weighted by Crippen LogP contribution is -2.00. The molecule has 1 heterocycles. The maximum atomic E-state index is 6.08. The summed E-state index contributed by atoms with van der Waals surface area (Å²) in [6.07, 6.45) is -0.103. The highest BCUT2D eigenvalue weighted by atomic mass is 35.5. The van der Waals surface area contributed by atoms with Crippen LogP contribution in [0, 0.1) is 0 Å². The van der Waals surface area contributed by atoms with Crippen molar-refractivity contribution >= 4 is 11.6 Å². The standard InChI is InChI=1S/C9H9ClN2O2/c1-13-5-14-7-4-2-3-6(8(7)10)9-11-12-9/h2-4,9H,5H2,1H3. The average molecular weight is 213 g/mol. The minimum Gasteiger partial charge on any atom is -0.466 e. The number of benzene rings is 1. The zero-order valence-electron chi connectivity index (χ0n) is 7.61. The van der Waals surface area contributed by atoms with Gasteiger partial charge in [-0.25, -0.2) is 0 Å². The van der Waals surface area contributed by atoms with Crippen LogP contribution in [0.2, 0.25) is 5.02 Å². The highest BCUT2D eigenvalue weighted by Gasteiger charge is 2.23. The summed E-state index contributed by atoms with van der Waals surface area (Å²) in [7, 11) is 1.56. The second kappa shape index (κ2) is 3.94. The molecule has 5 heteroatoms. The first-order valence-corrected chi connectivity index (χ1v) is 4.51. The predicted molar refractivity (Wildman–Crippen MR) is 51.6 cm³/mol. The first kappa shape index (κ1) is 9.43. The second-order valence-electron chi connectivity index (χ2n) is 2.81. The van der Waals surface area contributed by atoms with Gasteiger partial charge in [0.15, 0.2) is 6.79 Å². The molecule has 0 atom stereocenters. The Morgan fingerprint density at radius 1 is 1.43 bits per heavy atom. The van der Waals surface area contributed by atoms with Gasteiger partial charge in [-0.2, -0.15) is 10.2 Å². The third-order valence-electron chi connectivity index (χ3n) is 1.83. The lowest BCUT2D eigenvalue weighted by molar-refractivity contribution is 0.0511. The predicted octanol–water partition coefficient (Wildman–Crippen LogP) is 2.79. The van der Waals surface area contributed by atoms with E-state index < -0.39 is 0 Å². The van der Waals surface area contributed by atoms with Gasteiger partial charge in [-0.3, -0.25) is 0 Å². The van der Waals surface area contributed by atoms with Crippen molar-refractivity contribution in [2.45, 2.75) is 6.17 Å². The van der Waals surface area contributed by atoms with Gasteiger partial charge in [0.2, 0.25) is 6.17 Å². The zero-order valence-corrected chi connectivity index (χ0v) is 8.36. The highest BCUT2D eigenvalue weighted by molar-refractivity contribution is 6.32. The SMILES string of the molecule is COCOc1cccc(C2N=N2)c1Cl. The number of hydrogen-bond acceptors (Lipinski definition) is 4.